The quantitative estimate of drug-likeness (QED) is 0.778. The Morgan fingerprint density at radius 3 is 2.62 bits per heavy atom. The standard InChI is InChI=1S/C18H13ClF3NO3/c1-17(9-10-4-2-3-5-12(10)15(24)26-17)16(25)23-11-6-7-14(19)13(8-11)18(20,21)22/h2-8H,9H2,1H3,(H,23,25). The number of carbonyl (C=O) groups is 2. The van der Waals surface area contributed by atoms with Crippen LogP contribution in [0.4, 0.5) is 18.9 Å². The van der Waals surface area contributed by atoms with Gasteiger partial charge in [0.05, 0.1) is 16.1 Å². The van der Waals surface area contributed by atoms with Gasteiger partial charge in [-0.25, -0.2) is 4.79 Å². The smallest absolute Gasteiger partial charge is 0.417 e. The molecule has 3 rings (SSSR count). The number of hydrogen-bond acceptors (Lipinski definition) is 3. The number of hydrogen-bond donors (Lipinski definition) is 1. The van der Waals surface area contributed by atoms with E-state index < -0.39 is 34.2 Å². The highest BCUT2D eigenvalue weighted by molar-refractivity contribution is 6.31. The fraction of sp³-hybridized carbons (Fsp3) is 0.222. The van der Waals surface area contributed by atoms with Crippen LogP contribution in [0.1, 0.15) is 28.4 Å². The number of cyclic esters (lactones) is 1. The number of carbonyl (C=O) groups excluding carboxylic acids is 2. The molecular weight excluding hydrogens is 371 g/mol. The number of fused-ring (bicyclic) bond motifs is 1. The number of nitrogens with one attached hydrogen (secondary N) is 1. The molecule has 1 atom stereocenters. The summed E-state index contributed by atoms with van der Waals surface area (Å²) in [7, 11) is 0. The van der Waals surface area contributed by atoms with Gasteiger partial charge in [0.1, 0.15) is 0 Å². The number of ether oxygens (including phenoxy) is 1. The first-order chi connectivity index (χ1) is 12.1. The van der Waals surface area contributed by atoms with Crippen molar-refractivity contribution in [3.8, 4) is 0 Å². The molecule has 0 radical (unpaired) electrons. The van der Waals surface area contributed by atoms with Crippen LogP contribution in [-0.2, 0) is 22.1 Å². The second-order valence-corrected chi connectivity index (χ2v) is 6.51. The summed E-state index contributed by atoms with van der Waals surface area (Å²) in [5.41, 5.74) is -1.70. The average Bonchev–Trinajstić information content (AvgIpc) is 2.55. The molecule has 0 bridgehead atoms. The first-order valence-electron chi connectivity index (χ1n) is 7.59. The van der Waals surface area contributed by atoms with Crippen molar-refractivity contribution in [3.63, 3.8) is 0 Å². The zero-order chi connectivity index (χ0) is 19.1. The maximum Gasteiger partial charge on any atom is 0.417 e. The van der Waals surface area contributed by atoms with Gasteiger partial charge in [-0.15, -0.1) is 0 Å². The van der Waals surface area contributed by atoms with E-state index in [1.54, 1.807) is 24.3 Å². The van der Waals surface area contributed by atoms with Gasteiger partial charge in [0.25, 0.3) is 5.91 Å². The molecule has 0 fully saturated rings. The molecule has 0 saturated heterocycles. The third-order valence-corrected chi connectivity index (χ3v) is 4.42. The summed E-state index contributed by atoms with van der Waals surface area (Å²) >= 11 is 5.57. The molecule has 0 aromatic heterocycles. The summed E-state index contributed by atoms with van der Waals surface area (Å²) in [6.45, 7) is 1.41. The second-order valence-electron chi connectivity index (χ2n) is 6.10. The van der Waals surface area contributed by atoms with Gasteiger partial charge in [-0.1, -0.05) is 29.8 Å². The first-order valence-corrected chi connectivity index (χ1v) is 7.97. The Kier molecular flexibility index (Phi) is 4.44. The number of benzene rings is 2. The van der Waals surface area contributed by atoms with E-state index in [2.05, 4.69) is 5.32 Å². The van der Waals surface area contributed by atoms with Crippen LogP contribution in [0.5, 0.6) is 0 Å². The Balaban J connectivity index is 1.86. The molecule has 26 heavy (non-hydrogen) atoms. The summed E-state index contributed by atoms with van der Waals surface area (Å²) in [6.07, 6.45) is -4.54. The van der Waals surface area contributed by atoms with Crippen LogP contribution in [0.15, 0.2) is 42.5 Å². The van der Waals surface area contributed by atoms with Gasteiger partial charge in [-0.3, -0.25) is 4.79 Å². The Labute approximate surface area is 151 Å². The second kappa shape index (κ2) is 6.32. The lowest BCUT2D eigenvalue weighted by Crippen LogP contribution is -2.48. The number of alkyl halides is 3. The molecule has 1 heterocycles. The van der Waals surface area contributed by atoms with Crippen LogP contribution in [0, 0.1) is 0 Å². The molecule has 2 aromatic carbocycles. The topological polar surface area (TPSA) is 55.4 Å². The first kappa shape index (κ1) is 18.3. The minimum atomic E-state index is -4.65. The molecule has 1 amide bonds. The van der Waals surface area contributed by atoms with Crippen molar-refractivity contribution in [1.82, 2.24) is 0 Å². The van der Waals surface area contributed by atoms with Crippen LogP contribution in [0.25, 0.3) is 0 Å². The van der Waals surface area contributed by atoms with Crippen LogP contribution in [-0.4, -0.2) is 17.5 Å². The minimum absolute atomic E-state index is 0.0946. The largest absolute Gasteiger partial charge is 0.445 e. The van der Waals surface area contributed by atoms with E-state index in [4.69, 9.17) is 16.3 Å². The SMILES string of the molecule is CC1(C(=O)Nc2ccc(Cl)c(C(F)(F)F)c2)Cc2ccccc2C(=O)O1. The van der Waals surface area contributed by atoms with E-state index in [1.807, 2.05) is 0 Å². The Morgan fingerprint density at radius 1 is 1.23 bits per heavy atom. The number of amides is 1. The number of esters is 1. The van der Waals surface area contributed by atoms with Crippen molar-refractivity contribution in [2.45, 2.75) is 25.1 Å². The van der Waals surface area contributed by atoms with Crippen molar-refractivity contribution in [2.75, 3.05) is 5.32 Å². The monoisotopic (exact) mass is 383 g/mol. The van der Waals surface area contributed by atoms with Gasteiger partial charge >= 0.3 is 12.1 Å². The third kappa shape index (κ3) is 3.39. The summed E-state index contributed by atoms with van der Waals surface area (Å²) in [4.78, 5) is 24.7. The summed E-state index contributed by atoms with van der Waals surface area (Å²) in [5.74, 6) is -1.38. The number of rotatable bonds is 2. The molecule has 0 saturated carbocycles. The van der Waals surface area contributed by atoms with Crippen molar-refractivity contribution >= 4 is 29.2 Å². The van der Waals surface area contributed by atoms with Gasteiger partial charge in [0, 0.05) is 12.1 Å². The number of anilines is 1. The van der Waals surface area contributed by atoms with E-state index >= 15 is 0 Å². The summed E-state index contributed by atoms with van der Waals surface area (Å²) in [6, 6.07) is 9.72. The van der Waals surface area contributed by atoms with Crippen LogP contribution >= 0.6 is 11.6 Å². The van der Waals surface area contributed by atoms with Crippen LogP contribution in [0.2, 0.25) is 5.02 Å². The average molecular weight is 384 g/mol. The van der Waals surface area contributed by atoms with Gasteiger partial charge in [0.15, 0.2) is 5.60 Å². The van der Waals surface area contributed by atoms with E-state index in [9.17, 15) is 22.8 Å². The molecule has 2 aromatic rings. The molecule has 1 N–H and O–H groups in total. The maximum absolute atomic E-state index is 12.9. The zero-order valence-corrected chi connectivity index (χ0v) is 14.2. The molecule has 4 nitrogen and oxygen atoms in total. The third-order valence-electron chi connectivity index (χ3n) is 4.09. The lowest BCUT2D eigenvalue weighted by atomic mass is 9.89. The summed E-state index contributed by atoms with van der Waals surface area (Å²) in [5, 5.41) is 1.90. The van der Waals surface area contributed by atoms with Crippen molar-refractivity contribution in [2.24, 2.45) is 0 Å². The minimum Gasteiger partial charge on any atom is -0.445 e. The van der Waals surface area contributed by atoms with Gasteiger partial charge in [-0.05, 0) is 36.8 Å². The summed E-state index contributed by atoms with van der Waals surface area (Å²) < 4.78 is 44.1. The van der Waals surface area contributed by atoms with Gasteiger partial charge in [-0.2, -0.15) is 13.2 Å². The molecule has 8 heteroatoms. The van der Waals surface area contributed by atoms with E-state index in [0.717, 1.165) is 12.1 Å². The van der Waals surface area contributed by atoms with E-state index in [-0.39, 0.29) is 12.1 Å². The zero-order valence-electron chi connectivity index (χ0n) is 13.5. The van der Waals surface area contributed by atoms with E-state index in [0.29, 0.717) is 11.1 Å². The fourth-order valence-electron chi connectivity index (χ4n) is 2.74. The highest BCUT2D eigenvalue weighted by Crippen LogP contribution is 2.36. The van der Waals surface area contributed by atoms with Crippen LogP contribution in [0.3, 0.4) is 0 Å². The Bertz CT molecular complexity index is 897. The molecule has 0 spiro atoms. The number of halogens is 4. The lowest BCUT2D eigenvalue weighted by molar-refractivity contribution is -0.137. The van der Waals surface area contributed by atoms with Gasteiger partial charge in [0.2, 0.25) is 0 Å². The molecule has 1 aliphatic rings. The maximum atomic E-state index is 12.9. The Hall–Kier alpha value is -2.54. The molecular formula is C18H13ClF3NO3. The predicted molar refractivity (Wildman–Crippen MR) is 89.1 cm³/mol. The van der Waals surface area contributed by atoms with Crippen molar-refractivity contribution in [3.05, 3.63) is 64.2 Å². The van der Waals surface area contributed by atoms with Crippen molar-refractivity contribution < 1.29 is 27.5 Å². The lowest BCUT2D eigenvalue weighted by Gasteiger charge is -2.33. The predicted octanol–water partition coefficient (Wildman–Crippen LogP) is 4.47. The molecule has 136 valence electrons. The van der Waals surface area contributed by atoms with Gasteiger partial charge < -0.3 is 10.1 Å². The molecule has 0 aliphatic carbocycles. The highest BCUT2D eigenvalue weighted by atomic mass is 35.5. The van der Waals surface area contributed by atoms with Crippen molar-refractivity contribution in [1.29, 1.82) is 0 Å². The normalized spacial score (nSPS) is 19.5. The Morgan fingerprint density at radius 2 is 1.92 bits per heavy atom. The van der Waals surface area contributed by atoms with Crippen LogP contribution < -0.4 is 5.32 Å². The highest BCUT2D eigenvalue weighted by Gasteiger charge is 2.43. The molecule has 1 unspecified atom stereocenters. The van der Waals surface area contributed by atoms with E-state index in [1.165, 1.54) is 13.0 Å². The fourth-order valence-corrected chi connectivity index (χ4v) is 2.97. The molecule has 1 aliphatic heterocycles.